The van der Waals surface area contributed by atoms with E-state index in [-0.39, 0.29) is 31.8 Å². The second-order valence-corrected chi connectivity index (χ2v) is 6.13. The molecular weight excluding hydrogens is 404 g/mol. The van der Waals surface area contributed by atoms with Gasteiger partial charge in [0.2, 0.25) is 6.79 Å². The molecule has 0 atom stereocenters. The molecular formula is C18H17BrN2O3S. The van der Waals surface area contributed by atoms with Crippen LogP contribution in [0, 0.1) is 0 Å². The third-order valence-electron chi connectivity index (χ3n) is 3.77. The predicted octanol–water partition coefficient (Wildman–Crippen LogP) is 0.286. The molecule has 2 aromatic carbocycles. The molecule has 2 heterocycles. The lowest BCUT2D eigenvalue weighted by Crippen LogP contribution is -3.00. The number of aliphatic hydroxyl groups is 1. The van der Waals surface area contributed by atoms with E-state index in [1.165, 1.54) is 0 Å². The van der Waals surface area contributed by atoms with Crippen molar-refractivity contribution >= 4 is 17.0 Å². The fourth-order valence-corrected chi connectivity index (χ4v) is 3.59. The molecule has 3 aromatic rings. The fraction of sp³-hybridized carbons (Fsp3) is 0.167. The molecule has 0 saturated heterocycles. The molecule has 5 nitrogen and oxygen atoms in total. The average molecular weight is 421 g/mol. The number of aromatic nitrogens is 1. The van der Waals surface area contributed by atoms with Crippen molar-refractivity contribution in [3.63, 3.8) is 0 Å². The Morgan fingerprint density at radius 3 is 2.72 bits per heavy atom. The van der Waals surface area contributed by atoms with Gasteiger partial charge in [0, 0.05) is 17.5 Å². The Bertz CT molecular complexity index is 928. The number of nitrogens with zero attached hydrogens (tertiary/aromatic N) is 2. The van der Waals surface area contributed by atoms with E-state index in [0.29, 0.717) is 6.54 Å². The van der Waals surface area contributed by atoms with Crippen LogP contribution in [0.1, 0.15) is 1.43 Å². The largest absolute Gasteiger partial charge is 1.00 e. The SMILES string of the molecule is OCCn1c(-c2ccc3c(c2)OCO3)csc1=Nc1ccccc1.[Br-].[H+]. The number of benzene rings is 2. The van der Waals surface area contributed by atoms with Crippen LogP contribution < -0.4 is 31.3 Å². The molecule has 0 bridgehead atoms. The zero-order valence-electron chi connectivity index (χ0n) is 14.3. The third-order valence-corrected chi connectivity index (χ3v) is 4.63. The van der Waals surface area contributed by atoms with Crippen LogP contribution in [0.5, 0.6) is 11.5 Å². The molecule has 4 rings (SSSR count). The minimum atomic E-state index is 0. The highest BCUT2D eigenvalue weighted by Crippen LogP contribution is 2.36. The predicted molar refractivity (Wildman–Crippen MR) is 93.7 cm³/mol. The summed E-state index contributed by atoms with van der Waals surface area (Å²) in [6.07, 6.45) is 0. The van der Waals surface area contributed by atoms with Gasteiger partial charge >= 0.3 is 1.43 Å². The zero-order valence-corrected chi connectivity index (χ0v) is 15.7. The average Bonchev–Trinajstić information content (AvgIpc) is 3.23. The number of thiazole rings is 1. The summed E-state index contributed by atoms with van der Waals surface area (Å²) < 4.78 is 12.9. The fourth-order valence-electron chi connectivity index (χ4n) is 2.63. The lowest BCUT2D eigenvalue weighted by molar-refractivity contribution is -0.00000738. The number of hydrogen-bond donors (Lipinski definition) is 1. The maximum Gasteiger partial charge on any atom is 1.00 e. The molecule has 25 heavy (non-hydrogen) atoms. The smallest absolute Gasteiger partial charge is 1.00 e. The lowest BCUT2D eigenvalue weighted by Gasteiger charge is -2.08. The van der Waals surface area contributed by atoms with Gasteiger partial charge in [-0.15, -0.1) is 11.3 Å². The molecule has 0 amide bonds. The van der Waals surface area contributed by atoms with Gasteiger partial charge in [0.1, 0.15) is 0 Å². The van der Waals surface area contributed by atoms with Crippen LogP contribution in [0.25, 0.3) is 11.3 Å². The van der Waals surface area contributed by atoms with Crippen molar-refractivity contribution in [2.75, 3.05) is 13.4 Å². The van der Waals surface area contributed by atoms with Gasteiger partial charge in [0.25, 0.3) is 0 Å². The zero-order chi connectivity index (χ0) is 16.4. The van der Waals surface area contributed by atoms with Crippen LogP contribution in [0.3, 0.4) is 0 Å². The van der Waals surface area contributed by atoms with Crippen LogP contribution in [0.15, 0.2) is 58.9 Å². The highest BCUT2D eigenvalue weighted by atomic mass is 79.9. The van der Waals surface area contributed by atoms with Crippen LogP contribution in [0.2, 0.25) is 0 Å². The lowest BCUT2D eigenvalue weighted by atomic mass is 10.1. The molecule has 1 N–H and O–H groups in total. The highest BCUT2D eigenvalue weighted by molar-refractivity contribution is 7.07. The number of fused-ring (bicyclic) bond motifs is 1. The minimum absolute atomic E-state index is 0. The molecule has 1 aliphatic rings. The summed E-state index contributed by atoms with van der Waals surface area (Å²) in [5.74, 6) is 1.51. The number of halogens is 1. The van der Waals surface area contributed by atoms with Crippen molar-refractivity contribution in [3.8, 4) is 22.8 Å². The first-order chi connectivity index (χ1) is 11.8. The first kappa shape index (κ1) is 17.7. The van der Waals surface area contributed by atoms with Gasteiger partial charge in [-0.3, -0.25) is 0 Å². The normalized spacial score (nSPS) is 12.9. The van der Waals surface area contributed by atoms with Gasteiger partial charge < -0.3 is 36.1 Å². The Hall–Kier alpha value is -2.09. The Morgan fingerprint density at radius 1 is 1.12 bits per heavy atom. The molecule has 0 spiro atoms. The van der Waals surface area contributed by atoms with Gasteiger partial charge in [0.05, 0.1) is 18.0 Å². The topological polar surface area (TPSA) is 56.0 Å². The molecule has 1 aliphatic heterocycles. The monoisotopic (exact) mass is 420 g/mol. The van der Waals surface area contributed by atoms with Crippen LogP contribution in [0.4, 0.5) is 5.69 Å². The number of ether oxygens (including phenoxy) is 2. The maximum atomic E-state index is 9.45. The van der Waals surface area contributed by atoms with E-state index < -0.39 is 0 Å². The number of rotatable bonds is 4. The summed E-state index contributed by atoms with van der Waals surface area (Å²) in [4.78, 5) is 5.54. The molecule has 0 fully saturated rings. The van der Waals surface area contributed by atoms with Crippen molar-refractivity contribution in [2.45, 2.75) is 6.54 Å². The number of para-hydroxylation sites is 1. The first-order valence-electron chi connectivity index (χ1n) is 7.64. The Kier molecular flexibility index (Phi) is 5.57. The minimum Gasteiger partial charge on any atom is -1.00 e. The van der Waals surface area contributed by atoms with E-state index in [0.717, 1.165) is 33.2 Å². The summed E-state index contributed by atoms with van der Waals surface area (Å²) in [5.41, 5.74) is 2.91. The van der Waals surface area contributed by atoms with E-state index in [9.17, 15) is 5.11 Å². The van der Waals surface area contributed by atoms with Crippen LogP contribution in [-0.2, 0) is 6.54 Å². The van der Waals surface area contributed by atoms with E-state index in [2.05, 4.69) is 5.38 Å². The second kappa shape index (κ2) is 7.86. The van der Waals surface area contributed by atoms with Crippen molar-refractivity contribution in [1.29, 1.82) is 0 Å². The van der Waals surface area contributed by atoms with Gasteiger partial charge in [0.15, 0.2) is 16.3 Å². The van der Waals surface area contributed by atoms with E-state index in [1.807, 2.05) is 53.1 Å². The summed E-state index contributed by atoms with van der Waals surface area (Å²) in [5, 5.41) is 11.5. The molecule has 0 radical (unpaired) electrons. The van der Waals surface area contributed by atoms with Crippen LogP contribution in [-0.4, -0.2) is 23.1 Å². The van der Waals surface area contributed by atoms with Gasteiger partial charge in [-0.1, -0.05) is 18.2 Å². The van der Waals surface area contributed by atoms with Crippen molar-refractivity contribution in [1.82, 2.24) is 4.57 Å². The maximum absolute atomic E-state index is 9.45. The molecule has 1 aromatic heterocycles. The van der Waals surface area contributed by atoms with Crippen molar-refractivity contribution < 1.29 is 33.0 Å². The molecule has 7 heteroatoms. The molecule has 0 aliphatic carbocycles. The first-order valence-corrected chi connectivity index (χ1v) is 8.52. The number of hydrogen-bond acceptors (Lipinski definition) is 5. The Labute approximate surface area is 161 Å². The summed E-state index contributed by atoms with van der Waals surface area (Å²) >= 11 is 1.55. The van der Waals surface area contributed by atoms with E-state index in [1.54, 1.807) is 11.3 Å². The summed E-state index contributed by atoms with van der Waals surface area (Å²) in [7, 11) is 0. The molecule has 130 valence electrons. The van der Waals surface area contributed by atoms with E-state index >= 15 is 0 Å². The Morgan fingerprint density at radius 2 is 1.92 bits per heavy atom. The van der Waals surface area contributed by atoms with Crippen molar-refractivity contribution in [3.05, 3.63) is 58.7 Å². The third kappa shape index (κ3) is 3.63. The Balaban J connectivity index is 0.00000121. The summed E-state index contributed by atoms with van der Waals surface area (Å²) in [6, 6.07) is 15.7. The van der Waals surface area contributed by atoms with E-state index in [4.69, 9.17) is 14.5 Å². The van der Waals surface area contributed by atoms with Crippen LogP contribution >= 0.6 is 11.3 Å². The molecule has 0 unspecified atom stereocenters. The van der Waals surface area contributed by atoms with Gasteiger partial charge in [-0.05, 0) is 30.3 Å². The second-order valence-electron chi connectivity index (χ2n) is 5.29. The van der Waals surface area contributed by atoms with Crippen molar-refractivity contribution in [2.24, 2.45) is 4.99 Å². The highest BCUT2D eigenvalue weighted by Gasteiger charge is 2.16. The van der Waals surface area contributed by atoms with Gasteiger partial charge in [-0.2, -0.15) is 0 Å². The standard InChI is InChI=1S/C18H16N2O3S.BrH/c21-9-8-20-15(13-6-7-16-17(10-13)23-12-22-16)11-24-18(20)19-14-4-2-1-3-5-14;/h1-7,10-11,21H,8-9,12H2;1H. The quantitative estimate of drug-likeness (QED) is 0.659. The summed E-state index contributed by atoms with van der Waals surface area (Å²) in [6.45, 7) is 0.795. The van der Waals surface area contributed by atoms with Gasteiger partial charge in [-0.25, -0.2) is 4.99 Å². The molecule has 0 saturated carbocycles. The number of aliphatic hydroxyl groups excluding tert-OH is 1.